The van der Waals surface area contributed by atoms with Gasteiger partial charge in [-0.15, -0.1) is 0 Å². The molecule has 0 unspecified atom stereocenters. The molecule has 0 saturated carbocycles. The van der Waals surface area contributed by atoms with E-state index in [0.717, 1.165) is 0 Å². The van der Waals surface area contributed by atoms with Crippen molar-refractivity contribution in [3.63, 3.8) is 0 Å². The van der Waals surface area contributed by atoms with E-state index in [1.807, 2.05) is 12.1 Å². The van der Waals surface area contributed by atoms with Crippen LogP contribution in [-0.2, 0) is 9.53 Å². The first-order valence-electron chi connectivity index (χ1n) is 8.43. The Morgan fingerprint density at radius 3 is 2.79 bits per heavy atom. The van der Waals surface area contributed by atoms with Crippen molar-refractivity contribution in [1.82, 2.24) is 5.32 Å². The molecule has 2 aromatic rings. The minimum Gasteiger partial charge on any atom is -0.496 e. The standard InChI is InChI=1S/C19H19ClN2O6/c1-25-17-7-14(21)13(20)6-12(17)19(24)27-10-18(23)22-8-11-9-26-15-4-2-3-5-16(15)28-11/h2-7,11H,8-10,21H2,1H3,(H,22,23)/t11-/m1/s1. The fourth-order valence-electron chi connectivity index (χ4n) is 2.55. The summed E-state index contributed by atoms with van der Waals surface area (Å²) in [7, 11) is 1.39. The summed E-state index contributed by atoms with van der Waals surface area (Å²) in [6.07, 6.45) is -0.342. The van der Waals surface area contributed by atoms with E-state index in [0.29, 0.717) is 18.1 Å². The number of esters is 1. The fourth-order valence-corrected chi connectivity index (χ4v) is 2.71. The summed E-state index contributed by atoms with van der Waals surface area (Å²) in [5.41, 5.74) is 6.02. The molecule has 9 heteroatoms. The van der Waals surface area contributed by atoms with Crippen LogP contribution in [0.5, 0.6) is 17.2 Å². The average molecular weight is 407 g/mol. The highest BCUT2D eigenvalue weighted by Gasteiger charge is 2.22. The van der Waals surface area contributed by atoms with E-state index in [9.17, 15) is 9.59 Å². The molecule has 28 heavy (non-hydrogen) atoms. The van der Waals surface area contributed by atoms with Gasteiger partial charge in [-0.25, -0.2) is 4.79 Å². The van der Waals surface area contributed by atoms with Crippen molar-refractivity contribution >= 4 is 29.2 Å². The van der Waals surface area contributed by atoms with Crippen molar-refractivity contribution in [2.24, 2.45) is 0 Å². The zero-order valence-corrected chi connectivity index (χ0v) is 15.8. The molecule has 1 amide bonds. The zero-order chi connectivity index (χ0) is 20.1. The Balaban J connectivity index is 1.48. The number of amides is 1. The summed E-state index contributed by atoms with van der Waals surface area (Å²) in [5, 5.41) is 2.83. The van der Waals surface area contributed by atoms with Gasteiger partial charge in [0.05, 0.1) is 24.4 Å². The number of rotatable bonds is 6. The molecule has 0 aliphatic carbocycles. The highest BCUT2D eigenvalue weighted by molar-refractivity contribution is 6.33. The van der Waals surface area contributed by atoms with Crippen LogP contribution < -0.4 is 25.3 Å². The van der Waals surface area contributed by atoms with Gasteiger partial charge >= 0.3 is 5.97 Å². The summed E-state index contributed by atoms with van der Waals surface area (Å²) in [6.45, 7) is 0.0497. The average Bonchev–Trinajstić information content (AvgIpc) is 2.71. The number of ether oxygens (including phenoxy) is 4. The van der Waals surface area contributed by atoms with Gasteiger partial charge in [0.15, 0.2) is 18.1 Å². The normalized spacial score (nSPS) is 14.9. The smallest absolute Gasteiger partial charge is 0.342 e. The van der Waals surface area contributed by atoms with Crippen molar-refractivity contribution < 1.29 is 28.5 Å². The monoisotopic (exact) mass is 406 g/mol. The van der Waals surface area contributed by atoms with Crippen LogP contribution in [-0.4, -0.2) is 44.8 Å². The molecule has 0 aromatic heterocycles. The summed E-state index contributed by atoms with van der Waals surface area (Å²) in [6, 6.07) is 10.0. The lowest BCUT2D eigenvalue weighted by Gasteiger charge is -2.26. The van der Waals surface area contributed by atoms with Crippen molar-refractivity contribution in [2.45, 2.75) is 6.10 Å². The molecule has 2 aromatic carbocycles. The lowest BCUT2D eigenvalue weighted by atomic mass is 10.2. The van der Waals surface area contributed by atoms with Crippen LogP contribution in [0, 0.1) is 0 Å². The highest BCUT2D eigenvalue weighted by atomic mass is 35.5. The summed E-state index contributed by atoms with van der Waals surface area (Å²) < 4.78 is 21.4. The Labute approximate surface area is 166 Å². The number of halogens is 1. The number of nitrogens with one attached hydrogen (secondary N) is 1. The van der Waals surface area contributed by atoms with Crippen LogP contribution >= 0.6 is 11.6 Å². The molecule has 148 valence electrons. The first kappa shape index (κ1) is 19.6. The lowest BCUT2D eigenvalue weighted by molar-refractivity contribution is -0.124. The van der Waals surface area contributed by atoms with Crippen LogP contribution in [0.3, 0.4) is 0 Å². The SMILES string of the molecule is COc1cc(N)c(Cl)cc1C(=O)OCC(=O)NC[C@@H]1COc2ccccc2O1. The minimum absolute atomic E-state index is 0.0788. The van der Waals surface area contributed by atoms with E-state index in [4.69, 9.17) is 36.3 Å². The molecule has 1 aliphatic heterocycles. The molecular formula is C19H19ClN2O6. The van der Waals surface area contributed by atoms with Crippen molar-refractivity contribution in [3.05, 3.63) is 47.0 Å². The van der Waals surface area contributed by atoms with E-state index in [-0.39, 0.29) is 34.7 Å². The maximum Gasteiger partial charge on any atom is 0.342 e. The first-order chi connectivity index (χ1) is 13.5. The van der Waals surface area contributed by atoms with E-state index in [1.54, 1.807) is 12.1 Å². The van der Waals surface area contributed by atoms with E-state index >= 15 is 0 Å². The van der Waals surface area contributed by atoms with Crippen LogP contribution in [0.4, 0.5) is 5.69 Å². The summed E-state index contributed by atoms with van der Waals surface area (Å²) in [4.78, 5) is 24.2. The number of nitrogen functional groups attached to an aromatic ring is 1. The second kappa shape index (κ2) is 8.71. The Morgan fingerprint density at radius 2 is 2.04 bits per heavy atom. The van der Waals surface area contributed by atoms with E-state index < -0.39 is 18.5 Å². The number of hydrogen-bond donors (Lipinski definition) is 2. The van der Waals surface area contributed by atoms with Crippen molar-refractivity contribution in [3.8, 4) is 17.2 Å². The Kier molecular flexibility index (Phi) is 6.10. The number of methoxy groups -OCH3 is 1. The molecule has 0 spiro atoms. The predicted octanol–water partition coefficient (Wildman–Crippen LogP) is 2.04. The Morgan fingerprint density at radius 1 is 1.29 bits per heavy atom. The third-order valence-electron chi connectivity index (χ3n) is 3.97. The van der Waals surface area contributed by atoms with Crippen molar-refractivity contribution in [1.29, 1.82) is 0 Å². The van der Waals surface area contributed by atoms with Crippen LogP contribution in [0.15, 0.2) is 36.4 Å². The van der Waals surface area contributed by atoms with Gasteiger partial charge in [-0.3, -0.25) is 4.79 Å². The molecule has 0 radical (unpaired) electrons. The number of carbonyl (C=O) groups is 2. The number of carbonyl (C=O) groups excluding carboxylic acids is 2. The van der Waals surface area contributed by atoms with Gasteiger partial charge in [0, 0.05) is 6.07 Å². The Bertz CT molecular complexity index is 889. The van der Waals surface area contributed by atoms with Gasteiger partial charge in [-0.05, 0) is 18.2 Å². The molecule has 3 rings (SSSR count). The van der Waals surface area contributed by atoms with E-state index in [2.05, 4.69) is 5.32 Å². The molecule has 8 nitrogen and oxygen atoms in total. The molecular weight excluding hydrogens is 388 g/mol. The molecule has 0 saturated heterocycles. The lowest BCUT2D eigenvalue weighted by Crippen LogP contribution is -2.42. The van der Waals surface area contributed by atoms with Gasteiger partial charge in [0.25, 0.3) is 5.91 Å². The predicted molar refractivity (Wildman–Crippen MR) is 102 cm³/mol. The minimum atomic E-state index is -0.750. The molecule has 3 N–H and O–H groups in total. The maximum atomic E-state index is 12.2. The van der Waals surface area contributed by atoms with Crippen molar-refractivity contribution in [2.75, 3.05) is 32.6 Å². The highest BCUT2D eigenvalue weighted by Crippen LogP contribution is 2.31. The largest absolute Gasteiger partial charge is 0.496 e. The van der Waals surface area contributed by atoms with Crippen LogP contribution in [0.2, 0.25) is 5.02 Å². The number of anilines is 1. The van der Waals surface area contributed by atoms with Gasteiger partial charge in [0.2, 0.25) is 0 Å². The fraction of sp³-hybridized carbons (Fsp3) is 0.263. The third-order valence-corrected chi connectivity index (χ3v) is 4.29. The number of benzene rings is 2. The number of fused-ring (bicyclic) bond motifs is 1. The first-order valence-corrected chi connectivity index (χ1v) is 8.81. The van der Waals surface area contributed by atoms with Gasteiger partial charge in [0.1, 0.15) is 24.0 Å². The zero-order valence-electron chi connectivity index (χ0n) is 15.1. The topological polar surface area (TPSA) is 109 Å². The van der Waals surface area contributed by atoms with Gasteiger partial charge in [-0.2, -0.15) is 0 Å². The molecule has 1 heterocycles. The molecule has 0 fully saturated rings. The molecule has 1 atom stereocenters. The number of nitrogens with two attached hydrogens (primary N) is 1. The third kappa shape index (κ3) is 4.58. The second-order valence-electron chi connectivity index (χ2n) is 5.95. The second-order valence-corrected chi connectivity index (χ2v) is 6.36. The Hall–Kier alpha value is -3.13. The van der Waals surface area contributed by atoms with Crippen LogP contribution in [0.1, 0.15) is 10.4 Å². The summed E-state index contributed by atoms with van der Waals surface area (Å²) in [5.74, 6) is 0.261. The summed E-state index contributed by atoms with van der Waals surface area (Å²) >= 11 is 5.93. The van der Waals surface area contributed by atoms with E-state index in [1.165, 1.54) is 19.2 Å². The number of para-hydroxylation sites is 2. The maximum absolute atomic E-state index is 12.2. The van der Waals surface area contributed by atoms with Gasteiger partial charge in [-0.1, -0.05) is 23.7 Å². The molecule has 1 aliphatic rings. The molecule has 0 bridgehead atoms. The van der Waals surface area contributed by atoms with Gasteiger partial charge < -0.3 is 30.0 Å². The quantitative estimate of drug-likeness (QED) is 0.558. The number of hydrogen-bond acceptors (Lipinski definition) is 7. The van der Waals surface area contributed by atoms with Crippen LogP contribution in [0.25, 0.3) is 0 Å².